The summed E-state index contributed by atoms with van der Waals surface area (Å²) in [4.78, 5) is 0. The summed E-state index contributed by atoms with van der Waals surface area (Å²) in [5.74, 6) is 1.19. The zero-order chi connectivity index (χ0) is 12.9. The molecular formula is C12H23N3O2. The average molecular weight is 241 g/mol. The van der Waals surface area contributed by atoms with E-state index < -0.39 is 5.60 Å². The molecule has 0 aliphatic carbocycles. The van der Waals surface area contributed by atoms with Gasteiger partial charge in [-0.2, -0.15) is 0 Å². The lowest BCUT2D eigenvalue weighted by molar-refractivity contribution is -0.0245. The normalized spacial score (nSPS) is 16.8. The molecule has 0 radical (unpaired) electrons. The standard InChI is InChI=1S/C12H23N3O2/c1-6-9(13-8-3)10-14-15-11(17-10)12(4,7-2)16-5/h9,13H,6-8H2,1-5H3. The van der Waals surface area contributed by atoms with E-state index in [1.165, 1.54) is 0 Å². The number of nitrogens with one attached hydrogen (secondary N) is 1. The van der Waals surface area contributed by atoms with E-state index in [2.05, 4.69) is 29.4 Å². The van der Waals surface area contributed by atoms with Crippen molar-refractivity contribution in [1.29, 1.82) is 0 Å². The molecule has 5 heteroatoms. The summed E-state index contributed by atoms with van der Waals surface area (Å²) in [6, 6.07) is 0.124. The molecule has 2 unspecified atom stereocenters. The number of hydrogen-bond acceptors (Lipinski definition) is 5. The van der Waals surface area contributed by atoms with Gasteiger partial charge in [-0.05, 0) is 26.3 Å². The van der Waals surface area contributed by atoms with Crippen molar-refractivity contribution in [2.75, 3.05) is 13.7 Å². The predicted molar refractivity (Wildman–Crippen MR) is 65.7 cm³/mol. The molecule has 0 aliphatic rings. The van der Waals surface area contributed by atoms with Gasteiger partial charge >= 0.3 is 0 Å². The highest BCUT2D eigenvalue weighted by molar-refractivity contribution is 4.97. The van der Waals surface area contributed by atoms with Gasteiger partial charge in [0.1, 0.15) is 5.60 Å². The first-order valence-corrected chi connectivity index (χ1v) is 6.23. The van der Waals surface area contributed by atoms with Gasteiger partial charge in [-0.1, -0.05) is 20.8 Å². The summed E-state index contributed by atoms with van der Waals surface area (Å²) >= 11 is 0. The van der Waals surface area contributed by atoms with Crippen molar-refractivity contribution in [3.63, 3.8) is 0 Å². The largest absolute Gasteiger partial charge is 0.420 e. The minimum atomic E-state index is -0.490. The van der Waals surface area contributed by atoms with E-state index >= 15 is 0 Å². The van der Waals surface area contributed by atoms with Gasteiger partial charge in [-0.15, -0.1) is 10.2 Å². The number of hydrogen-bond donors (Lipinski definition) is 1. The fourth-order valence-electron chi connectivity index (χ4n) is 1.62. The lowest BCUT2D eigenvalue weighted by Gasteiger charge is -2.21. The Balaban J connectivity index is 2.90. The van der Waals surface area contributed by atoms with Crippen molar-refractivity contribution in [3.8, 4) is 0 Å². The Bertz CT molecular complexity index is 334. The zero-order valence-corrected chi connectivity index (χ0v) is 11.4. The van der Waals surface area contributed by atoms with Crippen molar-refractivity contribution in [2.24, 2.45) is 0 Å². The van der Waals surface area contributed by atoms with Gasteiger partial charge in [0.2, 0.25) is 11.8 Å². The number of methoxy groups -OCH3 is 1. The summed E-state index contributed by atoms with van der Waals surface area (Å²) in [5.41, 5.74) is -0.490. The molecule has 98 valence electrons. The van der Waals surface area contributed by atoms with Gasteiger partial charge in [-0.3, -0.25) is 0 Å². The maximum absolute atomic E-state index is 5.73. The number of rotatable bonds is 7. The topological polar surface area (TPSA) is 60.2 Å². The van der Waals surface area contributed by atoms with Crippen molar-refractivity contribution < 1.29 is 9.15 Å². The molecule has 17 heavy (non-hydrogen) atoms. The first kappa shape index (κ1) is 14.1. The Morgan fingerprint density at radius 2 is 2.06 bits per heavy atom. The van der Waals surface area contributed by atoms with Crippen molar-refractivity contribution in [2.45, 2.75) is 52.2 Å². The molecule has 0 saturated heterocycles. The van der Waals surface area contributed by atoms with Crippen LogP contribution in [0.15, 0.2) is 4.42 Å². The zero-order valence-electron chi connectivity index (χ0n) is 11.4. The van der Waals surface area contributed by atoms with E-state index in [-0.39, 0.29) is 6.04 Å². The van der Waals surface area contributed by atoms with Gasteiger partial charge in [0.05, 0.1) is 6.04 Å². The molecule has 2 atom stereocenters. The molecule has 0 aromatic carbocycles. The van der Waals surface area contributed by atoms with E-state index in [1.807, 2.05) is 13.8 Å². The van der Waals surface area contributed by atoms with Crippen LogP contribution in [0.4, 0.5) is 0 Å². The average Bonchev–Trinajstić information content (AvgIpc) is 2.84. The molecule has 0 aliphatic heterocycles. The fourth-order valence-corrected chi connectivity index (χ4v) is 1.62. The maximum Gasteiger partial charge on any atom is 0.248 e. The van der Waals surface area contributed by atoms with Crippen LogP contribution in [-0.2, 0) is 10.3 Å². The van der Waals surface area contributed by atoms with Gasteiger partial charge in [0.25, 0.3) is 0 Å². The Kier molecular flexibility index (Phi) is 5.08. The van der Waals surface area contributed by atoms with Crippen LogP contribution < -0.4 is 5.32 Å². The SMILES string of the molecule is CCNC(CC)c1nnc(C(C)(CC)OC)o1. The Hall–Kier alpha value is -0.940. The highest BCUT2D eigenvalue weighted by Gasteiger charge is 2.31. The lowest BCUT2D eigenvalue weighted by atomic mass is 10.0. The highest BCUT2D eigenvalue weighted by Crippen LogP contribution is 2.28. The number of nitrogens with zero attached hydrogens (tertiary/aromatic N) is 2. The predicted octanol–water partition coefficient (Wildman–Crippen LogP) is 2.40. The van der Waals surface area contributed by atoms with Crippen LogP contribution in [0.1, 0.15) is 58.4 Å². The van der Waals surface area contributed by atoms with E-state index in [0.29, 0.717) is 11.8 Å². The van der Waals surface area contributed by atoms with Crippen molar-refractivity contribution in [1.82, 2.24) is 15.5 Å². The molecule has 0 bridgehead atoms. The van der Waals surface area contributed by atoms with Crippen LogP contribution >= 0.6 is 0 Å². The monoisotopic (exact) mass is 241 g/mol. The fraction of sp³-hybridized carbons (Fsp3) is 0.833. The minimum absolute atomic E-state index is 0.124. The van der Waals surface area contributed by atoms with Gasteiger partial charge < -0.3 is 14.5 Å². The van der Waals surface area contributed by atoms with Gasteiger partial charge in [0, 0.05) is 7.11 Å². The lowest BCUT2D eigenvalue weighted by Crippen LogP contribution is -2.23. The minimum Gasteiger partial charge on any atom is -0.420 e. The van der Waals surface area contributed by atoms with E-state index in [4.69, 9.17) is 9.15 Å². The van der Waals surface area contributed by atoms with Crippen LogP contribution in [0, 0.1) is 0 Å². The molecule has 0 amide bonds. The molecule has 5 nitrogen and oxygen atoms in total. The third-order valence-electron chi connectivity index (χ3n) is 3.18. The summed E-state index contributed by atoms with van der Waals surface area (Å²) in [6.45, 7) is 9.02. The van der Waals surface area contributed by atoms with Crippen LogP contribution in [0.5, 0.6) is 0 Å². The Morgan fingerprint density at radius 1 is 1.35 bits per heavy atom. The van der Waals surface area contributed by atoms with Crippen molar-refractivity contribution >= 4 is 0 Å². The molecule has 1 aromatic heterocycles. The molecule has 1 rings (SSSR count). The third kappa shape index (κ3) is 3.04. The second-order valence-electron chi connectivity index (χ2n) is 4.25. The number of ether oxygens (including phenoxy) is 1. The van der Waals surface area contributed by atoms with Gasteiger partial charge in [-0.25, -0.2) is 0 Å². The van der Waals surface area contributed by atoms with Crippen LogP contribution in [-0.4, -0.2) is 23.9 Å². The molecule has 0 fully saturated rings. The first-order valence-electron chi connectivity index (χ1n) is 6.23. The molecule has 1 N–H and O–H groups in total. The third-order valence-corrected chi connectivity index (χ3v) is 3.18. The van der Waals surface area contributed by atoms with Gasteiger partial charge in [0.15, 0.2) is 0 Å². The Morgan fingerprint density at radius 3 is 2.53 bits per heavy atom. The van der Waals surface area contributed by atoms with Crippen molar-refractivity contribution in [3.05, 3.63) is 11.8 Å². The second kappa shape index (κ2) is 6.12. The van der Waals surface area contributed by atoms with E-state index in [0.717, 1.165) is 19.4 Å². The smallest absolute Gasteiger partial charge is 0.248 e. The molecule has 0 spiro atoms. The summed E-state index contributed by atoms with van der Waals surface area (Å²) in [5, 5.41) is 11.5. The molecular weight excluding hydrogens is 218 g/mol. The number of aromatic nitrogens is 2. The Labute approximate surface area is 103 Å². The van der Waals surface area contributed by atoms with Crippen LogP contribution in [0.3, 0.4) is 0 Å². The molecule has 1 aromatic rings. The quantitative estimate of drug-likeness (QED) is 0.794. The first-order chi connectivity index (χ1) is 8.11. The molecule has 0 saturated carbocycles. The van der Waals surface area contributed by atoms with Crippen LogP contribution in [0.2, 0.25) is 0 Å². The highest BCUT2D eigenvalue weighted by atomic mass is 16.5. The summed E-state index contributed by atoms with van der Waals surface area (Å²) in [6.07, 6.45) is 1.72. The van der Waals surface area contributed by atoms with Crippen LogP contribution in [0.25, 0.3) is 0 Å². The maximum atomic E-state index is 5.73. The van der Waals surface area contributed by atoms with E-state index in [9.17, 15) is 0 Å². The molecule has 1 heterocycles. The second-order valence-corrected chi connectivity index (χ2v) is 4.25. The summed E-state index contributed by atoms with van der Waals surface area (Å²) in [7, 11) is 1.66. The summed E-state index contributed by atoms with van der Waals surface area (Å²) < 4.78 is 11.2. The van der Waals surface area contributed by atoms with E-state index in [1.54, 1.807) is 7.11 Å².